The van der Waals surface area contributed by atoms with Crippen molar-refractivity contribution < 1.29 is 9.53 Å². The van der Waals surface area contributed by atoms with Crippen LogP contribution in [0.4, 0.5) is 5.69 Å². The van der Waals surface area contributed by atoms with Crippen molar-refractivity contribution in [1.82, 2.24) is 0 Å². The molecule has 0 aromatic heterocycles. The third-order valence-corrected chi connectivity index (χ3v) is 4.13. The first-order chi connectivity index (χ1) is 12.5. The fraction of sp³-hybridized carbons (Fsp3) is 0.174. The van der Waals surface area contributed by atoms with Crippen molar-refractivity contribution in [2.45, 2.75) is 26.9 Å². The lowest BCUT2D eigenvalue weighted by Gasteiger charge is -2.15. The van der Waals surface area contributed by atoms with Crippen LogP contribution in [0.5, 0.6) is 5.75 Å². The van der Waals surface area contributed by atoms with Crippen molar-refractivity contribution in [1.29, 1.82) is 0 Å². The first-order valence-corrected chi connectivity index (χ1v) is 8.72. The highest BCUT2D eigenvalue weighted by Gasteiger charge is 2.15. The molecule has 1 N–H and O–H groups in total. The zero-order valence-electron chi connectivity index (χ0n) is 15.3. The predicted octanol–water partition coefficient (Wildman–Crippen LogP) is 5.38. The smallest absolute Gasteiger partial charge is 0.265 e. The van der Waals surface area contributed by atoms with E-state index in [4.69, 9.17) is 4.74 Å². The Kier molecular flexibility index (Phi) is 5.37. The van der Waals surface area contributed by atoms with Gasteiger partial charge in [-0.05, 0) is 67.3 Å². The molecule has 0 heterocycles. The molecular weight excluding hydrogens is 322 g/mol. The van der Waals surface area contributed by atoms with Crippen LogP contribution >= 0.6 is 0 Å². The van der Waals surface area contributed by atoms with Gasteiger partial charge in [0.25, 0.3) is 5.91 Å². The number of carbonyl (C=O) groups excluding carboxylic acids is 1. The zero-order valence-corrected chi connectivity index (χ0v) is 15.3. The van der Waals surface area contributed by atoms with Crippen molar-refractivity contribution in [3.63, 3.8) is 0 Å². The minimum absolute atomic E-state index is 0.165. The average Bonchev–Trinajstić information content (AvgIpc) is 2.62. The number of ether oxygens (including phenoxy) is 1. The number of amides is 1. The minimum atomic E-state index is -0.585. The van der Waals surface area contributed by atoms with E-state index in [0.29, 0.717) is 5.75 Å². The molecule has 0 fully saturated rings. The van der Waals surface area contributed by atoms with Crippen LogP contribution in [0.2, 0.25) is 0 Å². The van der Waals surface area contributed by atoms with Gasteiger partial charge in [-0.3, -0.25) is 4.79 Å². The zero-order chi connectivity index (χ0) is 18.5. The van der Waals surface area contributed by atoms with Gasteiger partial charge in [0.15, 0.2) is 6.10 Å². The topological polar surface area (TPSA) is 38.3 Å². The average molecular weight is 345 g/mol. The number of benzene rings is 3. The summed E-state index contributed by atoms with van der Waals surface area (Å²) in [6, 6.07) is 23.9. The molecule has 132 valence electrons. The highest BCUT2D eigenvalue weighted by atomic mass is 16.5. The largest absolute Gasteiger partial charge is 0.481 e. The van der Waals surface area contributed by atoms with Crippen LogP contribution in [0.15, 0.2) is 72.8 Å². The summed E-state index contributed by atoms with van der Waals surface area (Å²) in [7, 11) is 0. The van der Waals surface area contributed by atoms with Crippen LogP contribution < -0.4 is 10.1 Å². The molecular formula is C23H23NO2. The molecule has 3 heteroatoms. The maximum Gasteiger partial charge on any atom is 0.265 e. The summed E-state index contributed by atoms with van der Waals surface area (Å²) in [5, 5.41) is 2.92. The van der Waals surface area contributed by atoms with E-state index in [2.05, 4.69) is 23.5 Å². The number of carbonyl (C=O) groups is 1. The Morgan fingerprint density at radius 2 is 1.42 bits per heavy atom. The van der Waals surface area contributed by atoms with Gasteiger partial charge in [-0.15, -0.1) is 0 Å². The van der Waals surface area contributed by atoms with Gasteiger partial charge in [0.1, 0.15) is 5.75 Å². The lowest BCUT2D eigenvalue weighted by molar-refractivity contribution is -0.122. The molecule has 0 aliphatic rings. The summed E-state index contributed by atoms with van der Waals surface area (Å²) < 4.78 is 5.79. The minimum Gasteiger partial charge on any atom is -0.481 e. The van der Waals surface area contributed by atoms with Crippen LogP contribution in [0.25, 0.3) is 11.1 Å². The number of aryl methyl sites for hydroxylation is 2. The normalized spacial score (nSPS) is 11.7. The van der Waals surface area contributed by atoms with Gasteiger partial charge < -0.3 is 10.1 Å². The molecule has 1 unspecified atom stereocenters. The van der Waals surface area contributed by atoms with E-state index >= 15 is 0 Å². The highest BCUT2D eigenvalue weighted by Crippen LogP contribution is 2.23. The molecule has 0 bridgehead atoms. The Morgan fingerprint density at radius 1 is 0.846 bits per heavy atom. The van der Waals surface area contributed by atoms with E-state index in [-0.39, 0.29) is 5.91 Å². The van der Waals surface area contributed by atoms with Crippen LogP contribution in [0.1, 0.15) is 18.1 Å². The van der Waals surface area contributed by atoms with Crippen molar-refractivity contribution in [2.24, 2.45) is 0 Å². The van der Waals surface area contributed by atoms with Gasteiger partial charge >= 0.3 is 0 Å². The monoisotopic (exact) mass is 345 g/mol. The molecule has 0 spiro atoms. The van der Waals surface area contributed by atoms with Crippen molar-refractivity contribution >= 4 is 11.6 Å². The molecule has 3 aromatic carbocycles. The number of nitrogens with one attached hydrogen (secondary N) is 1. The van der Waals surface area contributed by atoms with Crippen LogP contribution in [0, 0.1) is 13.8 Å². The second kappa shape index (κ2) is 7.87. The number of hydrogen-bond acceptors (Lipinski definition) is 2. The van der Waals surface area contributed by atoms with E-state index in [0.717, 1.165) is 27.9 Å². The Balaban J connectivity index is 1.63. The molecule has 0 radical (unpaired) electrons. The van der Waals surface area contributed by atoms with Crippen LogP contribution in [0.3, 0.4) is 0 Å². The summed E-state index contributed by atoms with van der Waals surface area (Å²) in [6.07, 6.45) is -0.585. The molecule has 0 aliphatic carbocycles. The molecule has 26 heavy (non-hydrogen) atoms. The van der Waals surface area contributed by atoms with Crippen molar-refractivity contribution in [3.05, 3.63) is 83.9 Å². The standard InChI is InChI=1S/C23H23NO2/c1-16-13-17(2)15-21(14-16)24-23(25)18(3)26-22-11-9-20(10-12-22)19-7-5-4-6-8-19/h4-15,18H,1-3H3,(H,24,25). The van der Waals surface area contributed by atoms with Gasteiger partial charge in [-0.25, -0.2) is 0 Å². The second-order valence-electron chi connectivity index (χ2n) is 6.52. The third-order valence-electron chi connectivity index (χ3n) is 4.13. The molecule has 1 amide bonds. The lowest BCUT2D eigenvalue weighted by Crippen LogP contribution is -2.30. The van der Waals surface area contributed by atoms with Gasteiger partial charge in [0.05, 0.1) is 0 Å². The maximum absolute atomic E-state index is 12.4. The van der Waals surface area contributed by atoms with Gasteiger partial charge in [-0.2, -0.15) is 0 Å². The van der Waals surface area contributed by atoms with Gasteiger partial charge in [0.2, 0.25) is 0 Å². The number of hydrogen-bond donors (Lipinski definition) is 1. The van der Waals surface area contributed by atoms with Crippen molar-refractivity contribution in [3.8, 4) is 16.9 Å². The highest BCUT2D eigenvalue weighted by molar-refractivity contribution is 5.94. The van der Waals surface area contributed by atoms with Gasteiger partial charge in [0, 0.05) is 5.69 Å². The van der Waals surface area contributed by atoms with E-state index in [1.165, 1.54) is 0 Å². The quantitative estimate of drug-likeness (QED) is 0.674. The Hall–Kier alpha value is -3.07. The molecule has 3 rings (SSSR count). The molecule has 0 saturated carbocycles. The van der Waals surface area contributed by atoms with Crippen LogP contribution in [-0.4, -0.2) is 12.0 Å². The Labute approximate surface area is 154 Å². The van der Waals surface area contributed by atoms with E-state index in [1.54, 1.807) is 6.92 Å². The molecule has 0 saturated heterocycles. The third kappa shape index (κ3) is 4.51. The van der Waals surface area contributed by atoms with Gasteiger partial charge in [-0.1, -0.05) is 48.5 Å². The van der Waals surface area contributed by atoms with Crippen molar-refractivity contribution in [2.75, 3.05) is 5.32 Å². The summed E-state index contributed by atoms with van der Waals surface area (Å²) in [4.78, 5) is 12.4. The molecule has 3 nitrogen and oxygen atoms in total. The molecule has 0 aliphatic heterocycles. The SMILES string of the molecule is Cc1cc(C)cc(NC(=O)C(C)Oc2ccc(-c3ccccc3)cc2)c1. The summed E-state index contributed by atoms with van der Waals surface area (Å²) in [5.41, 5.74) is 5.29. The van der Waals surface area contributed by atoms with E-state index < -0.39 is 6.10 Å². The molecule has 1 atom stereocenters. The summed E-state index contributed by atoms with van der Waals surface area (Å²) in [5.74, 6) is 0.509. The van der Waals surface area contributed by atoms with E-state index in [9.17, 15) is 4.79 Å². The van der Waals surface area contributed by atoms with Crippen LogP contribution in [-0.2, 0) is 4.79 Å². The fourth-order valence-electron chi connectivity index (χ4n) is 2.90. The summed E-state index contributed by atoms with van der Waals surface area (Å²) in [6.45, 7) is 5.77. The van der Waals surface area contributed by atoms with E-state index in [1.807, 2.05) is 68.4 Å². The Morgan fingerprint density at radius 3 is 2.04 bits per heavy atom. The predicted molar refractivity (Wildman–Crippen MR) is 107 cm³/mol. The lowest BCUT2D eigenvalue weighted by atomic mass is 10.1. The first kappa shape index (κ1) is 17.7. The number of rotatable bonds is 5. The Bertz CT molecular complexity index is 866. The summed E-state index contributed by atoms with van der Waals surface area (Å²) >= 11 is 0. The maximum atomic E-state index is 12.4. The molecule has 3 aromatic rings. The number of anilines is 1. The fourth-order valence-corrected chi connectivity index (χ4v) is 2.90. The second-order valence-corrected chi connectivity index (χ2v) is 6.52. The first-order valence-electron chi connectivity index (χ1n) is 8.72.